The van der Waals surface area contributed by atoms with E-state index in [1.54, 1.807) is 6.07 Å². The number of halogens is 3. The number of benzene rings is 1. The Morgan fingerprint density at radius 2 is 2.11 bits per heavy atom. The molecule has 1 aromatic heterocycles. The minimum Gasteiger partial charge on any atom is -0.406 e. The molecule has 0 bridgehead atoms. The van der Waals surface area contributed by atoms with Crippen molar-refractivity contribution >= 4 is 0 Å². The van der Waals surface area contributed by atoms with E-state index in [0.29, 0.717) is 24.5 Å². The molecule has 0 amide bonds. The Labute approximate surface area is 106 Å². The predicted molar refractivity (Wildman–Crippen MR) is 60.1 cm³/mol. The highest BCUT2D eigenvalue weighted by molar-refractivity contribution is 5.28. The molecule has 0 aliphatic carbocycles. The molecule has 0 atom stereocenters. The van der Waals surface area contributed by atoms with E-state index >= 15 is 0 Å². The van der Waals surface area contributed by atoms with E-state index in [2.05, 4.69) is 25.2 Å². The fraction of sp³-hybridized carbons (Fsp3) is 0.273. The van der Waals surface area contributed by atoms with E-state index in [4.69, 9.17) is 0 Å². The van der Waals surface area contributed by atoms with Crippen LogP contribution < -0.4 is 10.1 Å². The average Bonchev–Trinajstić information content (AvgIpc) is 2.80. The van der Waals surface area contributed by atoms with Crippen molar-refractivity contribution in [3.8, 4) is 5.75 Å². The summed E-state index contributed by atoms with van der Waals surface area (Å²) in [5.74, 6) is 0.425. The van der Waals surface area contributed by atoms with E-state index < -0.39 is 6.36 Å². The third-order valence-corrected chi connectivity index (χ3v) is 2.22. The van der Waals surface area contributed by atoms with E-state index in [1.807, 2.05) is 0 Å². The van der Waals surface area contributed by atoms with Gasteiger partial charge in [-0.3, -0.25) is 5.10 Å². The first kappa shape index (κ1) is 13.3. The van der Waals surface area contributed by atoms with Crippen molar-refractivity contribution in [2.24, 2.45) is 0 Å². The molecular formula is C11H11F3N4O. The van der Waals surface area contributed by atoms with Gasteiger partial charge in [0.15, 0.2) is 0 Å². The minimum atomic E-state index is -4.67. The van der Waals surface area contributed by atoms with Crippen molar-refractivity contribution < 1.29 is 17.9 Å². The second-order valence-corrected chi connectivity index (χ2v) is 3.73. The van der Waals surface area contributed by atoms with Gasteiger partial charge in [0.1, 0.15) is 17.9 Å². The molecule has 0 aliphatic heterocycles. The highest BCUT2D eigenvalue weighted by Gasteiger charge is 2.31. The zero-order chi connectivity index (χ0) is 13.7. The molecule has 1 aromatic carbocycles. The smallest absolute Gasteiger partial charge is 0.406 e. The van der Waals surface area contributed by atoms with E-state index in [9.17, 15) is 13.2 Å². The molecule has 19 heavy (non-hydrogen) atoms. The monoisotopic (exact) mass is 272 g/mol. The molecule has 2 N–H and O–H groups in total. The number of nitrogens with one attached hydrogen (secondary N) is 2. The van der Waals surface area contributed by atoms with Crippen molar-refractivity contribution in [1.29, 1.82) is 0 Å². The SMILES string of the molecule is FC(F)(F)Oc1cccc(CNCc2ncn[nH]2)c1. The van der Waals surface area contributed by atoms with Crippen LogP contribution in [0.2, 0.25) is 0 Å². The van der Waals surface area contributed by atoms with Crippen LogP contribution >= 0.6 is 0 Å². The number of aromatic amines is 1. The van der Waals surface area contributed by atoms with Gasteiger partial charge in [-0.1, -0.05) is 12.1 Å². The van der Waals surface area contributed by atoms with Gasteiger partial charge in [0.25, 0.3) is 0 Å². The van der Waals surface area contributed by atoms with Crippen LogP contribution in [0.5, 0.6) is 5.75 Å². The number of rotatable bonds is 5. The summed E-state index contributed by atoms with van der Waals surface area (Å²) in [5, 5.41) is 9.37. The fourth-order valence-electron chi connectivity index (χ4n) is 1.49. The number of hydrogen-bond donors (Lipinski definition) is 2. The second-order valence-electron chi connectivity index (χ2n) is 3.73. The summed E-state index contributed by atoms with van der Waals surface area (Å²) < 4.78 is 40.0. The summed E-state index contributed by atoms with van der Waals surface area (Å²) in [5.41, 5.74) is 0.682. The molecule has 2 rings (SSSR count). The minimum absolute atomic E-state index is 0.230. The zero-order valence-corrected chi connectivity index (χ0v) is 9.74. The summed E-state index contributed by atoms with van der Waals surface area (Å²) in [6.45, 7) is 0.847. The van der Waals surface area contributed by atoms with E-state index in [0.717, 1.165) is 0 Å². The van der Waals surface area contributed by atoms with Crippen molar-refractivity contribution in [2.45, 2.75) is 19.5 Å². The number of ether oxygens (including phenoxy) is 1. The Bertz CT molecular complexity index is 513. The van der Waals surface area contributed by atoms with Crippen LogP contribution in [0.25, 0.3) is 0 Å². The van der Waals surface area contributed by atoms with Gasteiger partial charge in [0.05, 0.1) is 6.54 Å². The fourth-order valence-corrected chi connectivity index (χ4v) is 1.49. The van der Waals surface area contributed by atoms with Gasteiger partial charge in [-0.15, -0.1) is 13.2 Å². The summed E-state index contributed by atoms with van der Waals surface area (Å²) in [6, 6.07) is 5.80. The highest BCUT2D eigenvalue weighted by Crippen LogP contribution is 2.23. The molecule has 0 unspecified atom stereocenters. The summed E-state index contributed by atoms with van der Waals surface area (Å²) >= 11 is 0. The van der Waals surface area contributed by atoms with Gasteiger partial charge in [-0.2, -0.15) is 5.10 Å². The first-order chi connectivity index (χ1) is 9.03. The maximum Gasteiger partial charge on any atom is 0.573 e. The summed E-state index contributed by atoms with van der Waals surface area (Å²) in [7, 11) is 0. The number of hydrogen-bond acceptors (Lipinski definition) is 4. The third kappa shape index (κ3) is 4.59. The molecule has 2 aromatic rings. The Hall–Kier alpha value is -2.09. The maximum atomic E-state index is 12.1. The standard InChI is InChI=1S/C11H11F3N4O/c12-11(13,14)19-9-3-1-2-8(4-9)5-15-6-10-16-7-17-18-10/h1-4,7,15H,5-6H2,(H,16,17,18). The molecular weight excluding hydrogens is 261 g/mol. The van der Waals surface area contributed by atoms with Gasteiger partial charge in [0, 0.05) is 6.54 Å². The lowest BCUT2D eigenvalue weighted by Crippen LogP contribution is -2.17. The number of H-pyrrole nitrogens is 1. The van der Waals surface area contributed by atoms with Crippen molar-refractivity contribution in [2.75, 3.05) is 0 Å². The predicted octanol–water partition coefficient (Wildman–Crippen LogP) is 1.99. The largest absolute Gasteiger partial charge is 0.573 e. The Morgan fingerprint density at radius 1 is 1.26 bits per heavy atom. The number of aromatic nitrogens is 3. The van der Waals surface area contributed by atoms with Crippen LogP contribution in [0.1, 0.15) is 11.4 Å². The second kappa shape index (κ2) is 5.70. The van der Waals surface area contributed by atoms with Crippen LogP contribution in [0.4, 0.5) is 13.2 Å². The number of alkyl halides is 3. The molecule has 102 valence electrons. The van der Waals surface area contributed by atoms with Crippen molar-refractivity contribution in [1.82, 2.24) is 20.5 Å². The average molecular weight is 272 g/mol. The van der Waals surface area contributed by atoms with Gasteiger partial charge in [-0.05, 0) is 17.7 Å². The van der Waals surface area contributed by atoms with Crippen LogP contribution in [-0.2, 0) is 13.1 Å². The molecule has 0 aliphatic rings. The molecule has 0 radical (unpaired) electrons. The zero-order valence-electron chi connectivity index (χ0n) is 9.74. The molecule has 0 saturated carbocycles. The summed E-state index contributed by atoms with van der Waals surface area (Å²) in [6.07, 6.45) is -3.29. The molecule has 1 heterocycles. The molecule has 0 fully saturated rings. The van der Waals surface area contributed by atoms with Gasteiger partial charge < -0.3 is 10.1 Å². The van der Waals surface area contributed by atoms with Crippen LogP contribution in [0.3, 0.4) is 0 Å². The van der Waals surface area contributed by atoms with Crippen LogP contribution in [0, 0.1) is 0 Å². The van der Waals surface area contributed by atoms with Gasteiger partial charge in [0.2, 0.25) is 0 Å². The van der Waals surface area contributed by atoms with Crippen molar-refractivity contribution in [3.63, 3.8) is 0 Å². The first-order valence-corrected chi connectivity index (χ1v) is 5.42. The van der Waals surface area contributed by atoms with E-state index in [1.165, 1.54) is 24.5 Å². The van der Waals surface area contributed by atoms with E-state index in [-0.39, 0.29) is 5.75 Å². The Balaban J connectivity index is 1.88. The third-order valence-electron chi connectivity index (χ3n) is 2.22. The van der Waals surface area contributed by atoms with Crippen LogP contribution in [0.15, 0.2) is 30.6 Å². The topological polar surface area (TPSA) is 62.8 Å². The van der Waals surface area contributed by atoms with Crippen LogP contribution in [-0.4, -0.2) is 21.5 Å². The van der Waals surface area contributed by atoms with Crippen molar-refractivity contribution in [3.05, 3.63) is 42.0 Å². The number of nitrogens with zero attached hydrogens (tertiary/aromatic N) is 2. The lowest BCUT2D eigenvalue weighted by Gasteiger charge is -2.10. The molecule has 0 saturated heterocycles. The first-order valence-electron chi connectivity index (χ1n) is 5.42. The molecule has 5 nitrogen and oxygen atoms in total. The Kier molecular flexibility index (Phi) is 4.00. The Morgan fingerprint density at radius 3 is 2.79 bits per heavy atom. The molecule has 8 heteroatoms. The highest BCUT2D eigenvalue weighted by atomic mass is 19.4. The summed E-state index contributed by atoms with van der Waals surface area (Å²) in [4.78, 5) is 3.91. The van der Waals surface area contributed by atoms with Gasteiger partial charge in [-0.25, -0.2) is 4.98 Å². The maximum absolute atomic E-state index is 12.1. The normalized spacial score (nSPS) is 11.5. The van der Waals surface area contributed by atoms with Gasteiger partial charge >= 0.3 is 6.36 Å². The lowest BCUT2D eigenvalue weighted by molar-refractivity contribution is -0.274. The molecule has 0 spiro atoms. The lowest BCUT2D eigenvalue weighted by atomic mass is 10.2. The quantitative estimate of drug-likeness (QED) is 0.873.